The van der Waals surface area contributed by atoms with E-state index in [9.17, 15) is 4.79 Å². The number of hydrogen-bond acceptors (Lipinski definition) is 6. The summed E-state index contributed by atoms with van der Waals surface area (Å²) in [4.78, 5) is 25.8. The number of ether oxygens (including phenoxy) is 1. The van der Waals surface area contributed by atoms with Crippen LogP contribution in [0.3, 0.4) is 0 Å². The van der Waals surface area contributed by atoms with E-state index in [-0.39, 0.29) is 11.9 Å². The van der Waals surface area contributed by atoms with Crippen LogP contribution in [0.1, 0.15) is 39.5 Å². The highest BCUT2D eigenvalue weighted by Crippen LogP contribution is 2.33. The van der Waals surface area contributed by atoms with E-state index >= 15 is 0 Å². The van der Waals surface area contributed by atoms with E-state index in [4.69, 9.17) is 22.1 Å². The molecule has 4 rings (SSSR count). The summed E-state index contributed by atoms with van der Waals surface area (Å²) in [5.74, 6) is 1.18. The summed E-state index contributed by atoms with van der Waals surface area (Å²) in [5, 5.41) is 4.96. The molecule has 3 aromatic heterocycles. The number of primary amides is 1. The fourth-order valence-electron chi connectivity index (χ4n) is 4.74. The van der Waals surface area contributed by atoms with Gasteiger partial charge in [0.2, 0.25) is 5.91 Å². The zero-order valence-electron chi connectivity index (χ0n) is 19.3. The van der Waals surface area contributed by atoms with Crippen molar-refractivity contribution in [1.82, 2.24) is 19.9 Å². The van der Waals surface area contributed by atoms with E-state index in [1.807, 2.05) is 24.4 Å². The van der Waals surface area contributed by atoms with Crippen molar-refractivity contribution in [3.05, 3.63) is 35.7 Å². The average molecular weight is 471 g/mol. The molecule has 33 heavy (non-hydrogen) atoms. The zero-order valence-corrected chi connectivity index (χ0v) is 20.0. The van der Waals surface area contributed by atoms with Gasteiger partial charge in [0.25, 0.3) is 0 Å². The Morgan fingerprint density at radius 1 is 1.30 bits per heavy atom. The number of anilines is 1. The van der Waals surface area contributed by atoms with Gasteiger partial charge < -0.3 is 20.8 Å². The highest BCUT2D eigenvalue weighted by atomic mass is 35.5. The highest BCUT2D eigenvalue weighted by Gasteiger charge is 2.28. The number of aromatic nitrogens is 3. The first-order valence-electron chi connectivity index (χ1n) is 11.3. The highest BCUT2D eigenvalue weighted by molar-refractivity contribution is 6.29. The minimum Gasteiger partial charge on any atom is -0.495 e. The summed E-state index contributed by atoms with van der Waals surface area (Å²) in [7, 11) is 1.63. The molecule has 8 nitrogen and oxygen atoms in total. The van der Waals surface area contributed by atoms with Crippen LogP contribution in [0.15, 0.2) is 30.6 Å². The van der Waals surface area contributed by atoms with Crippen molar-refractivity contribution in [3.63, 3.8) is 0 Å². The largest absolute Gasteiger partial charge is 0.495 e. The first-order valence-corrected chi connectivity index (χ1v) is 11.7. The summed E-state index contributed by atoms with van der Waals surface area (Å²) >= 11 is 6.39. The van der Waals surface area contributed by atoms with E-state index < -0.39 is 0 Å². The number of methoxy groups -OCH3 is 1. The van der Waals surface area contributed by atoms with Crippen molar-refractivity contribution in [2.24, 2.45) is 5.73 Å². The number of carbonyl (C=O) groups excluding carboxylic acids is 1. The van der Waals surface area contributed by atoms with E-state index in [0.29, 0.717) is 29.5 Å². The second kappa shape index (κ2) is 9.97. The lowest BCUT2D eigenvalue weighted by molar-refractivity contribution is -0.120. The number of hydrogen-bond donors (Lipinski definition) is 3. The zero-order chi connectivity index (χ0) is 23.5. The molecule has 1 saturated carbocycles. The Morgan fingerprint density at radius 2 is 2.06 bits per heavy atom. The number of nitrogens with two attached hydrogens (primary N) is 1. The molecular formula is C24H31ClN6O2. The number of halogens is 1. The third kappa shape index (κ3) is 5.39. The number of nitrogens with one attached hydrogen (secondary N) is 2. The predicted molar refractivity (Wildman–Crippen MR) is 132 cm³/mol. The van der Waals surface area contributed by atoms with Gasteiger partial charge in [-0.1, -0.05) is 11.6 Å². The fourth-order valence-corrected chi connectivity index (χ4v) is 4.94. The van der Waals surface area contributed by atoms with Gasteiger partial charge in [-0.2, -0.15) is 0 Å². The number of aromatic amines is 1. The van der Waals surface area contributed by atoms with Crippen molar-refractivity contribution in [2.45, 2.75) is 57.7 Å². The second-order valence-electron chi connectivity index (χ2n) is 8.92. The van der Waals surface area contributed by atoms with Gasteiger partial charge in [0.15, 0.2) is 0 Å². The van der Waals surface area contributed by atoms with Crippen molar-refractivity contribution >= 4 is 34.4 Å². The number of amides is 1. The molecule has 1 amide bonds. The number of nitrogens with zero attached hydrogens (tertiary/aromatic N) is 3. The molecule has 0 saturated heterocycles. The van der Waals surface area contributed by atoms with E-state index in [2.05, 4.69) is 39.0 Å². The summed E-state index contributed by atoms with van der Waals surface area (Å²) < 4.78 is 5.34. The number of rotatable bonds is 8. The van der Waals surface area contributed by atoms with Gasteiger partial charge >= 0.3 is 0 Å². The minimum atomic E-state index is -0.273. The molecule has 1 aliphatic carbocycles. The van der Waals surface area contributed by atoms with Crippen LogP contribution in [0.25, 0.3) is 22.2 Å². The van der Waals surface area contributed by atoms with Crippen molar-refractivity contribution < 1.29 is 9.53 Å². The van der Waals surface area contributed by atoms with E-state index in [1.54, 1.807) is 13.3 Å². The third-order valence-electron chi connectivity index (χ3n) is 6.37. The van der Waals surface area contributed by atoms with E-state index in [0.717, 1.165) is 53.7 Å². The number of fused-ring (bicyclic) bond motifs is 1. The first-order chi connectivity index (χ1) is 15.8. The Balaban J connectivity index is 1.48. The van der Waals surface area contributed by atoms with Crippen LogP contribution >= 0.6 is 11.6 Å². The number of pyridine rings is 2. The van der Waals surface area contributed by atoms with Gasteiger partial charge in [-0.25, -0.2) is 9.97 Å². The molecule has 0 aromatic carbocycles. The maximum Gasteiger partial charge on any atom is 0.231 e. The quantitative estimate of drug-likeness (QED) is 0.425. The van der Waals surface area contributed by atoms with Crippen molar-refractivity contribution in [3.8, 4) is 16.9 Å². The van der Waals surface area contributed by atoms with Crippen LogP contribution in [0.5, 0.6) is 5.75 Å². The van der Waals surface area contributed by atoms with Gasteiger partial charge in [0, 0.05) is 35.3 Å². The number of H-pyrrole nitrogens is 1. The van der Waals surface area contributed by atoms with Gasteiger partial charge in [-0.3, -0.25) is 9.69 Å². The lowest BCUT2D eigenvalue weighted by Crippen LogP contribution is -2.47. The molecule has 1 fully saturated rings. The van der Waals surface area contributed by atoms with Crippen LogP contribution in [-0.4, -0.2) is 57.5 Å². The van der Waals surface area contributed by atoms with E-state index in [1.165, 1.54) is 0 Å². The Kier molecular flexibility index (Phi) is 7.05. The summed E-state index contributed by atoms with van der Waals surface area (Å²) in [6.45, 7) is 4.53. The Bertz CT molecular complexity index is 1120. The van der Waals surface area contributed by atoms with Gasteiger partial charge in [0.05, 0.1) is 19.9 Å². The molecule has 0 bridgehead atoms. The van der Waals surface area contributed by atoms with Crippen LogP contribution in [-0.2, 0) is 4.79 Å². The smallest absolute Gasteiger partial charge is 0.231 e. The lowest BCUT2D eigenvalue weighted by atomic mass is 9.89. The number of carbonyl (C=O) groups is 1. The Morgan fingerprint density at radius 3 is 2.73 bits per heavy atom. The van der Waals surface area contributed by atoms with Crippen LogP contribution < -0.4 is 15.8 Å². The molecule has 3 heterocycles. The standard InChI is InChI=1S/C24H31ClN6O2/c1-14(2)31(13-22(26)32)17-6-4-16(5-7-17)29-23-9-15(8-21(25)30-23)20-12-28-24-19(20)10-18(33-3)11-27-24/h8-12,14,16-17H,4-7,13H2,1-3H3,(H2,26,32)(H,27,28)(H,29,30)/t16-,17-. The fraction of sp³-hybridized carbons (Fsp3) is 0.458. The molecule has 1 aliphatic rings. The van der Waals surface area contributed by atoms with Crippen molar-refractivity contribution in [2.75, 3.05) is 19.0 Å². The van der Waals surface area contributed by atoms with Crippen molar-refractivity contribution in [1.29, 1.82) is 0 Å². The SMILES string of the molecule is COc1cnc2[nH]cc(-c3cc(Cl)nc(N[C@H]4CC[C@H](N(CC(N)=O)C(C)C)CC4)c3)c2c1. The monoisotopic (exact) mass is 470 g/mol. The summed E-state index contributed by atoms with van der Waals surface area (Å²) in [6.07, 6.45) is 7.61. The first kappa shape index (κ1) is 23.3. The molecule has 9 heteroatoms. The molecule has 0 unspecified atom stereocenters. The van der Waals surface area contributed by atoms with Gasteiger partial charge in [-0.05, 0) is 63.3 Å². The molecule has 176 valence electrons. The molecule has 0 spiro atoms. The molecule has 0 atom stereocenters. The maximum absolute atomic E-state index is 11.5. The summed E-state index contributed by atoms with van der Waals surface area (Å²) in [5.41, 5.74) is 8.20. The van der Waals surface area contributed by atoms with Crippen LogP contribution in [0, 0.1) is 0 Å². The molecule has 3 aromatic rings. The normalized spacial score (nSPS) is 18.7. The average Bonchev–Trinajstić information content (AvgIpc) is 3.20. The van der Waals surface area contributed by atoms with Crippen LogP contribution in [0.4, 0.5) is 5.82 Å². The topological polar surface area (TPSA) is 109 Å². The Labute approximate surface area is 198 Å². The third-order valence-corrected chi connectivity index (χ3v) is 6.56. The lowest BCUT2D eigenvalue weighted by Gasteiger charge is -2.39. The molecule has 0 aliphatic heterocycles. The molecule has 0 radical (unpaired) electrons. The molecule has 4 N–H and O–H groups in total. The molecular weight excluding hydrogens is 440 g/mol. The minimum absolute atomic E-state index is 0.273. The Hall–Kier alpha value is -2.84. The second-order valence-corrected chi connectivity index (χ2v) is 9.31. The summed E-state index contributed by atoms with van der Waals surface area (Å²) in [6, 6.07) is 6.79. The van der Waals surface area contributed by atoms with Gasteiger partial charge in [0.1, 0.15) is 22.4 Å². The van der Waals surface area contributed by atoms with Crippen LogP contribution in [0.2, 0.25) is 5.15 Å². The maximum atomic E-state index is 11.5. The van der Waals surface area contributed by atoms with Gasteiger partial charge in [-0.15, -0.1) is 0 Å². The predicted octanol–water partition coefficient (Wildman–Crippen LogP) is 4.21.